The van der Waals surface area contributed by atoms with Gasteiger partial charge in [-0.3, -0.25) is 4.90 Å². The van der Waals surface area contributed by atoms with E-state index in [-0.39, 0.29) is 13.3 Å². The summed E-state index contributed by atoms with van der Waals surface area (Å²) in [4.78, 5) is 1.81. The minimum Gasteiger partial charge on any atom is -0.298 e. The van der Waals surface area contributed by atoms with Crippen LogP contribution in [-0.2, 0) is 0 Å². The molecule has 0 aromatic heterocycles. The van der Waals surface area contributed by atoms with Gasteiger partial charge in [0, 0.05) is 19.6 Å². The molecule has 0 aromatic rings. The fourth-order valence-corrected chi connectivity index (χ4v) is 1.05. The predicted octanol–water partition coefficient (Wildman–Crippen LogP) is 1.88. The third-order valence-corrected chi connectivity index (χ3v) is 1.42. The lowest BCUT2D eigenvalue weighted by molar-refractivity contribution is 0.207. The molecule has 0 atom stereocenters. The molecule has 0 rings (SSSR count). The lowest BCUT2D eigenvalue weighted by Gasteiger charge is -2.20. The van der Waals surface area contributed by atoms with Crippen LogP contribution in [0.25, 0.3) is 0 Å². The maximum Gasteiger partial charge on any atom is 0.102 e. The molecule has 3 heteroatoms. The van der Waals surface area contributed by atoms with E-state index in [0.29, 0.717) is 19.0 Å². The summed E-state index contributed by atoms with van der Waals surface area (Å²) in [6.07, 6.45) is 0. The molecular formula is C8H17F2N. The van der Waals surface area contributed by atoms with Gasteiger partial charge in [-0.05, 0) is 5.92 Å². The molecule has 0 unspecified atom stereocenters. The Balaban J connectivity index is 3.50. The van der Waals surface area contributed by atoms with Crippen LogP contribution in [-0.4, -0.2) is 37.9 Å². The highest BCUT2D eigenvalue weighted by molar-refractivity contribution is 4.58. The minimum atomic E-state index is -0.382. The molecule has 1 nitrogen and oxygen atoms in total. The maximum atomic E-state index is 11.9. The van der Waals surface area contributed by atoms with Crippen LogP contribution in [0.5, 0.6) is 0 Å². The summed E-state index contributed by atoms with van der Waals surface area (Å²) in [5.41, 5.74) is 0. The van der Waals surface area contributed by atoms with Gasteiger partial charge in [0.05, 0.1) is 0 Å². The molecule has 0 fully saturated rings. The van der Waals surface area contributed by atoms with E-state index in [0.717, 1.165) is 6.54 Å². The highest BCUT2D eigenvalue weighted by Crippen LogP contribution is 1.98. The van der Waals surface area contributed by atoms with Crippen LogP contribution in [0.3, 0.4) is 0 Å². The lowest BCUT2D eigenvalue weighted by atomic mass is 10.2. The summed E-state index contributed by atoms with van der Waals surface area (Å²) in [6, 6.07) is 0. The Kier molecular flexibility index (Phi) is 6.42. The number of halogens is 2. The Bertz CT molecular complexity index is 80.2. The van der Waals surface area contributed by atoms with Crippen molar-refractivity contribution in [2.45, 2.75) is 13.8 Å². The average molecular weight is 165 g/mol. The number of rotatable bonds is 6. The Morgan fingerprint density at radius 3 is 1.82 bits per heavy atom. The second kappa shape index (κ2) is 6.53. The Hall–Kier alpha value is -0.180. The van der Waals surface area contributed by atoms with Gasteiger partial charge in [0.1, 0.15) is 13.3 Å². The zero-order valence-corrected chi connectivity index (χ0v) is 7.32. The fraction of sp³-hybridized carbons (Fsp3) is 1.00. The Morgan fingerprint density at radius 1 is 1.09 bits per heavy atom. The van der Waals surface area contributed by atoms with Crippen molar-refractivity contribution in [1.82, 2.24) is 4.90 Å². The van der Waals surface area contributed by atoms with Gasteiger partial charge >= 0.3 is 0 Å². The van der Waals surface area contributed by atoms with Gasteiger partial charge in [0.15, 0.2) is 0 Å². The van der Waals surface area contributed by atoms with Gasteiger partial charge in [-0.1, -0.05) is 13.8 Å². The highest BCUT2D eigenvalue weighted by Gasteiger charge is 2.05. The van der Waals surface area contributed by atoms with Crippen molar-refractivity contribution in [3.05, 3.63) is 0 Å². The normalized spacial score (nSPS) is 11.5. The zero-order chi connectivity index (χ0) is 8.69. The molecule has 68 valence electrons. The Morgan fingerprint density at radius 2 is 1.55 bits per heavy atom. The van der Waals surface area contributed by atoms with Crippen LogP contribution < -0.4 is 0 Å². The topological polar surface area (TPSA) is 3.24 Å². The first-order valence-corrected chi connectivity index (χ1v) is 4.05. The monoisotopic (exact) mass is 165 g/mol. The molecule has 0 N–H and O–H groups in total. The molecule has 0 amide bonds. The maximum absolute atomic E-state index is 11.9. The van der Waals surface area contributed by atoms with Crippen molar-refractivity contribution >= 4 is 0 Å². The summed E-state index contributed by atoms with van der Waals surface area (Å²) < 4.78 is 23.7. The smallest absolute Gasteiger partial charge is 0.102 e. The second-order valence-corrected chi connectivity index (χ2v) is 3.07. The van der Waals surface area contributed by atoms with Crippen molar-refractivity contribution in [1.29, 1.82) is 0 Å². The van der Waals surface area contributed by atoms with Crippen LogP contribution in [0.4, 0.5) is 8.78 Å². The first-order chi connectivity index (χ1) is 5.20. The molecular weight excluding hydrogens is 148 g/mol. The summed E-state index contributed by atoms with van der Waals surface area (Å²) in [5.74, 6) is 0.480. The van der Waals surface area contributed by atoms with Crippen molar-refractivity contribution in [3.8, 4) is 0 Å². The molecule has 0 aromatic carbocycles. The molecule has 0 saturated carbocycles. The van der Waals surface area contributed by atoms with E-state index in [2.05, 4.69) is 0 Å². The standard InChI is InChI=1S/C8H17F2N/c1-8(2)7-11(5-3-9)6-4-10/h8H,3-7H2,1-2H3. The number of nitrogens with zero attached hydrogens (tertiary/aromatic N) is 1. The number of alkyl halides is 2. The summed E-state index contributed by atoms with van der Waals surface area (Å²) in [5, 5.41) is 0. The third kappa shape index (κ3) is 6.23. The van der Waals surface area contributed by atoms with Gasteiger partial charge < -0.3 is 0 Å². The van der Waals surface area contributed by atoms with Crippen LogP contribution >= 0.6 is 0 Å². The van der Waals surface area contributed by atoms with Crippen LogP contribution in [0.2, 0.25) is 0 Å². The first kappa shape index (κ1) is 10.8. The largest absolute Gasteiger partial charge is 0.298 e. The molecule has 0 radical (unpaired) electrons. The second-order valence-electron chi connectivity index (χ2n) is 3.07. The molecule has 0 aliphatic carbocycles. The van der Waals surface area contributed by atoms with E-state index in [1.807, 2.05) is 18.7 Å². The molecule has 0 saturated heterocycles. The molecule has 0 bridgehead atoms. The average Bonchev–Trinajstić information content (AvgIpc) is 1.87. The number of hydrogen-bond acceptors (Lipinski definition) is 1. The SMILES string of the molecule is CC(C)CN(CCF)CCF. The van der Waals surface area contributed by atoms with Crippen molar-refractivity contribution in [3.63, 3.8) is 0 Å². The van der Waals surface area contributed by atoms with E-state index < -0.39 is 0 Å². The zero-order valence-electron chi connectivity index (χ0n) is 7.32. The summed E-state index contributed by atoms with van der Waals surface area (Å²) >= 11 is 0. The van der Waals surface area contributed by atoms with Crippen molar-refractivity contribution in [2.24, 2.45) is 5.92 Å². The molecule has 0 aliphatic heterocycles. The minimum absolute atomic E-state index is 0.363. The van der Waals surface area contributed by atoms with Crippen LogP contribution in [0.1, 0.15) is 13.8 Å². The predicted molar refractivity (Wildman–Crippen MR) is 43.2 cm³/mol. The van der Waals surface area contributed by atoms with E-state index in [1.165, 1.54) is 0 Å². The van der Waals surface area contributed by atoms with E-state index in [1.54, 1.807) is 0 Å². The van der Waals surface area contributed by atoms with Crippen LogP contribution in [0.15, 0.2) is 0 Å². The highest BCUT2D eigenvalue weighted by atomic mass is 19.1. The van der Waals surface area contributed by atoms with Gasteiger partial charge in [0.25, 0.3) is 0 Å². The molecule has 0 heterocycles. The first-order valence-electron chi connectivity index (χ1n) is 4.05. The Labute approximate surface area is 67.4 Å². The van der Waals surface area contributed by atoms with Gasteiger partial charge in [-0.25, -0.2) is 8.78 Å². The molecule has 11 heavy (non-hydrogen) atoms. The summed E-state index contributed by atoms with van der Waals surface area (Å²) in [6.45, 7) is 4.84. The molecule has 0 spiro atoms. The van der Waals surface area contributed by atoms with E-state index >= 15 is 0 Å². The van der Waals surface area contributed by atoms with Gasteiger partial charge in [-0.2, -0.15) is 0 Å². The number of hydrogen-bond donors (Lipinski definition) is 0. The van der Waals surface area contributed by atoms with Crippen molar-refractivity contribution in [2.75, 3.05) is 33.0 Å². The molecule has 0 aliphatic rings. The van der Waals surface area contributed by atoms with Crippen molar-refractivity contribution < 1.29 is 8.78 Å². The summed E-state index contributed by atoms with van der Waals surface area (Å²) in [7, 11) is 0. The fourth-order valence-electron chi connectivity index (χ4n) is 1.05. The third-order valence-electron chi connectivity index (χ3n) is 1.42. The lowest BCUT2D eigenvalue weighted by Crippen LogP contribution is -2.31. The quantitative estimate of drug-likeness (QED) is 0.581. The van der Waals surface area contributed by atoms with E-state index in [9.17, 15) is 8.78 Å². The van der Waals surface area contributed by atoms with Gasteiger partial charge in [-0.15, -0.1) is 0 Å². The van der Waals surface area contributed by atoms with Crippen LogP contribution in [0, 0.1) is 5.92 Å². The van der Waals surface area contributed by atoms with Gasteiger partial charge in [0.2, 0.25) is 0 Å². The van der Waals surface area contributed by atoms with E-state index in [4.69, 9.17) is 0 Å².